The minimum atomic E-state index is -1.52. The van der Waals surface area contributed by atoms with E-state index >= 15 is 0 Å². The molecule has 0 aliphatic carbocycles. The summed E-state index contributed by atoms with van der Waals surface area (Å²) in [5.74, 6) is -0.986. The van der Waals surface area contributed by atoms with Crippen LogP contribution >= 0.6 is 0 Å². The Morgan fingerprint density at radius 1 is 1.45 bits per heavy atom. The molecule has 22 heavy (non-hydrogen) atoms. The Morgan fingerprint density at radius 2 is 2.18 bits per heavy atom. The minimum absolute atomic E-state index is 0.104. The largest absolute Gasteiger partial charge is 0.385 e. The highest BCUT2D eigenvalue weighted by Crippen LogP contribution is 2.43. The van der Waals surface area contributed by atoms with Crippen molar-refractivity contribution in [3.63, 3.8) is 0 Å². The van der Waals surface area contributed by atoms with Crippen LogP contribution in [0.25, 0.3) is 0 Å². The molecule has 3 heterocycles. The molecule has 2 N–H and O–H groups in total. The molecule has 9 nitrogen and oxygen atoms in total. The zero-order valence-corrected chi connectivity index (χ0v) is 12.0. The van der Waals surface area contributed by atoms with E-state index in [0.29, 0.717) is 0 Å². The maximum Gasteiger partial charge on any atom is 0.330 e. The van der Waals surface area contributed by atoms with Crippen molar-refractivity contribution in [2.45, 2.75) is 43.7 Å². The zero-order valence-electron chi connectivity index (χ0n) is 12.0. The number of rotatable bonds is 1. The van der Waals surface area contributed by atoms with Gasteiger partial charge < -0.3 is 19.3 Å². The Hall–Kier alpha value is -1.99. The molecule has 2 aliphatic heterocycles. The first-order chi connectivity index (χ1) is 10.3. The summed E-state index contributed by atoms with van der Waals surface area (Å²) < 4.78 is 17.6. The number of aliphatic hydroxyl groups is 1. The summed E-state index contributed by atoms with van der Waals surface area (Å²) >= 11 is 0. The molecule has 2 saturated heterocycles. The predicted octanol–water partition coefficient (Wildman–Crippen LogP) is -1.16. The van der Waals surface area contributed by atoms with Gasteiger partial charge in [0, 0.05) is 12.3 Å². The maximum atomic E-state index is 11.9. The SMILES string of the molecule is CC1(C)OCC2(C#N)OC(n3ccc(=O)[nH]c3=O)[C@H](O)[C@@H]2O1. The van der Waals surface area contributed by atoms with Gasteiger partial charge in [-0.3, -0.25) is 14.3 Å². The second kappa shape index (κ2) is 4.76. The van der Waals surface area contributed by atoms with Crippen molar-refractivity contribution in [1.82, 2.24) is 9.55 Å². The molecule has 0 radical (unpaired) electrons. The van der Waals surface area contributed by atoms with Gasteiger partial charge in [-0.1, -0.05) is 0 Å². The molecule has 0 amide bonds. The predicted molar refractivity (Wildman–Crippen MR) is 70.7 cm³/mol. The molecule has 0 saturated carbocycles. The van der Waals surface area contributed by atoms with E-state index in [1.54, 1.807) is 13.8 Å². The number of hydrogen-bond acceptors (Lipinski definition) is 7. The van der Waals surface area contributed by atoms with Crippen LogP contribution in [0.2, 0.25) is 0 Å². The molecule has 2 fully saturated rings. The van der Waals surface area contributed by atoms with Crippen LogP contribution in [0, 0.1) is 11.3 Å². The van der Waals surface area contributed by atoms with Gasteiger partial charge in [-0.2, -0.15) is 5.26 Å². The van der Waals surface area contributed by atoms with Crippen molar-refractivity contribution in [2.24, 2.45) is 0 Å². The molecule has 1 aromatic heterocycles. The third-order valence-corrected chi connectivity index (χ3v) is 3.75. The van der Waals surface area contributed by atoms with Gasteiger partial charge in [0.1, 0.15) is 18.3 Å². The third kappa shape index (κ3) is 2.17. The fraction of sp³-hybridized carbons (Fsp3) is 0.615. The summed E-state index contributed by atoms with van der Waals surface area (Å²) in [5, 5.41) is 19.9. The quantitative estimate of drug-likeness (QED) is 0.670. The van der Waals surface area contributed by atoms with Crippen LogP contribution < -0.4 is 11.2 Å². The highest BCUT2D eigenvalue weighted by atomic mass is 16.7. The van der Waals surface area contributed by atoms with Crippen LogP contribution in [0.1, 0.15) is 20.1 Å². The molecular formula is C13H15N3O6. The number of aromatic amines is 1. The molecule has 1 aromatic rings. The van der Waals surface area contributed by atoms with E-state index in [-0.39, 0.29) is 6.61 Å². The van der Waals surface area contributed by atoms with Crippen LogP contribution in [0.5, 0.6) is 0 Å². The van der Waals surface area contributed by atoms with Crippen LogP contribution in [0.4, 0.5) is 0 Å². The number of ether oxygens (including phenoxy) is 3. The minimum Gasteiger partial charge on any atom is -0.385 e. The van der Waals surface area contributed by atoms with E-state index in [2.05, 4.69) is 4.98 Å². The number of nitrogens with zero attached hydrogens (tertiary/aromatic N) is 2. The van der Waals surface area contributed by atoms with Crippen LogP contribution in [-0.4, -0.2) is 44.9 Å². The third-order valence-electron chi connectivity index (χ3n) is 3.75. The second-order valence-electron chi connectivity index (χ2n) is 5.74. The molecule has 0 aromatic carbocycles. The number of fused-ring (bicyclic) bond motifs is 1. The number of aliphatic hydroxyl groups excluding tert-OH is 1. The lowest BCUT2D eigenvalue weighted by molar-refractivity contribution is -0.316. The lowest BCUT2D eigenvalue weighted by atomic mass is 9.95. The summed E-state index contributed by atoms with van der Waals surface area (Å²) in [4.78, 5) is 25.1. The van der Waals surface area contributed by atoms with Crippen LogP contribution in [-0.2, 0) is 14.2 Å². The molecule has 0 bridgehead atoms. The average Bonchev–Trinajstić information content (AvgIpc) is 2.72. The van der Waals surface area contributed by atoms with Crippen LogP contribution in [0.3, 0.4) is 0 Å². The fourth-order valence-electron chi connectivity index (χ4n) is 2.65. The highest BCUT2D eigenvalue weighted by Gasteiger charge is 2.61. The number of aromatic nitrogens is 2. The molecule has 3 rings (SSSR count). The van der Waals surface area contributed by atoms with E-state index < -0.39 is 41.1 Å². The van der Waals surface area contributed by atoms with Gasteiger partial charge in [0.05, 0.1) is 6.61 Å². The van der Waals surface area contributed by atoms with Gasteiger partial charge in [0.2, 0.25) is 5.60 Å². The summed E-state index contributed by atoms with van der Waals surface area (Å²) in [6.07, 6.45) is -2.22. The smallest absolute Gasteiger partial charge is 0.330 e. The van der Waals surface area contributed by atoms with Crippen molar-refractivity contribution < 1.29 is 19.3 Å². The maximum absolute atomic E-state index is 11.9. The van der Waals surface area contributed by atoms with Gasteiger partial charge in [0.15, 0.2) is 12.0 Å². The Morgan fingerprint density at radius 3 is 2.82 bits per heavy atom. The highest BCUT2D eigenvalue weighted by molar-refractivity contribution is 5.16. The standard InChI is InChI=1S/C13H15N3O6/c1-12(2)20-6-13(5-14)9(21-12)8(18)10(22-13)16-4-3-7(17)15-11(16)19/h3-4,8-10,18H,6H2,1-2H3,(H,15,17,19)/t8-,9+,10?,13?/m1/s1. The summed E-state index contributed by atoms with van der Waals surface area (Å²) in [7, 11) is 0. The summed E-state index contributed by atoms with van der Waals surface area (Å²) in [6, 6.07) is 3.08. The number of nitriles is 1. The molecule has 9 heteroatoms. The lowest BCUT2D eigenvalue weighted by Crippen LogP contribution is -2.57. The van der Waals surface area contributed by atoms with Crippen molar-refractivity contribution in [2.75, 3.05) is 6.61 Å². The molecule has 4 atom stereocenters. The van der Waals surface area contributed by atoms with Gasteiger partial charge in [0.25, 0.3) is 5.56 Å². The van der Waals surface area contributed by atoms with E-state index in [9.17, 15) is 20.0 Å². The summed E-state index contributed by atoms with van der Waals surface area (Å²) in [5.41, 5.74) is -2.83. The normalized spacial score (nSPS) is 36.5. The van der Waals surface area contributed by atoms with Crippen molar-refractivity contribution in [1.29, 1.82) is 5.26 Å². The first kappa shape index (κ1) is 14.9. The summed E-state index contributed by atoms with van der Waals surface area (Å²) in [6.45, 7) is 3.20. The van der Waals surface area contributed by atoms with Gasteiger partial charge in [-0.25, -0.2) is 4.79 Å². The lowest BCUT2D eigenvalue weighted by Gasteiger charge is -2.41. The molecular weight excluding hydrogens is 294 g/mol. The van der Waals surface area contributed by atoms with E-state index in [1.165, 1.54) is 6.20 Å². The van der Waals surface area contributed by atoms with Crippen molar-refractivity contribution >= 4 is 0 Å². The second-order valence-corrected chi connectivity index (χ2v) is 5.74. The Balaban J connectivity index is 2.02. The van der Waals surface area contributed by atoms with E-state index in [4.69, 9.17) is 14.2 Å². The molecule has 0 spiro atoms. The fourth-order valence-corrected chi connectivity index (χ4v) is 2.65. The van der Waals surface area contributed by atoms with Gasteiger partial charge in [-0.15, -0.1) is 0 Å². The number of H-pyrrole nitrogens is 1. The topological polar surface area (TPSA) is 127 Å². The first-order valence-corrected chi connectivity index (χ1v) is 6.68. The van der Waals surface area contributed by atoms with E-state index in [0.717, 1.165) is 10.6 Å². The monoisotopic (exact) mass is 309 g/mol. The average molecular weight is 309 g/mol. The Labute approximate surface area is 124 Å². The van der Waals surface area contributed by atoms with Crippen molar-refractivity contribution in [3.8, 4) is 6.07 Å². The van der Waals surface area contributed by atoms with Crippen molar-refractivity contribution in [3.05, 3.63) is 33.1 Å². The molecule has 2 unspecified atom stereocenters. The first-order valence-electron chi connectivity index (χ1n) is 6.68. The van der Waals surface area contributed by atoms with Gasteiger partial charge >= 0.3 is 5.69 Å². The Bertz CT molecular complexity index is 747. The van der Waals surface area contributed by atoms with E-state index in [1.807, 2.05) is 6.07 Å². The number of nitrogens with one attached hydrogen (secondary N) is 1. The Kier molecular flexibility index (Phi) is 3.23. The zero-order chi connectivity index (χ0) is 16.1. The van der Waals surface area contributed by atoms with Crippen LogP contribution in [0.15, 0.2) is 21.9 Å². The van der Waals surface area contributed by atoms with Gasteiger partial charge in [-0.05, 0) is 13.8 Å². The molecule has 118 valence electrons. The molecule has 2 aliphatic rings. The number of hydrogen-bond donors (Lipinski definition) is 2.